The Morgan fingerprint density at radius 1 is 1.58 bits per heavy atom. The second-order valence-electron chi connectivity index (χ2n) is 3.13. The Bertz CT molecular complexity index is 113. The highest BCUT2D eigenvalue weighted by molar-refractivity contribution is 6.19. The van der Waals surface area contributed by atoms with E-state index in [-0.39, 0.29) is 11.9 Å². The maximum atomic E-state index is 5.91. The van der Waals surface area contributed by atoms with Gasteiger partial charge in [-0.1, -0.05) is 24.9 Å². The summed E-state index contributed by atoms with van der Waals surface area (Å²) < 4.78 is 10.9. The van der Waals surface area contributed by atoms with E-state index in [4.69, 9.17) is 21.1 Å². The van der Waals surface area contributed by atoms with E-state index >= 15 is 0 Å². The third-order valence-corrected chi connectivity index (χ3v) is 2.27. The zero-order valence-electron chi connectivity index (χ0n) is 7.59. The number of halogens is 1. The molecular weight excluding hydrogens is 176 g/mol. The van der Waals surface area contributed by atoms with Gasteiger partial charge in [0, 0.05) is 6.61 Å². The first-order valence-corrected chi connectivity index (χ1v) is 5.17. The van der Waals surface area contributed by atoms with Gasteiger partial charge in [-0.2, -0.15) is 0 Å². The first-order valence-electron chi connectivity index (χ1n) is 4.74. The van der Waals surface area contributed by atoms with Crippen LogP contribution in [0.15, 0.2) is 0 Å². The Hall–Kier alpha value is 0.210. The minimum Gasteiger partial charge on any atom is -0.353 e. The highest BCUT2D eigenvalue weighted by atomic mass is 35.5. The molecule has 0 bridgehead atoms. The quantitative estimate of drug-likeness (QED) is 0.638. The van der Waals surface area contributed by atoms with Crippen LogP contribution >= 0.6 is 11.6 Å². The van der Waals surface area contributed by atoms with Crippen LogP contribution in [0.25, 0.3) is 0 Å². The van der Waals surface area contributed by atoms with E-state index in [0.29, 0.717) is 0 Å². The van der Waals surface area contributed by atoms with Gasteiger partial charge in [0.2, 0.25) is 0 Å². The van der Waals surface area contributed by atoms with Crippen molar-refractivity contribution in [2.75, 3.05) is 6.61 Å². The zero-order chi connectivity index (χ0) is 8.81. The van der Waals surface area contributed by atoms with E-state index in [1.165, 1.54) is 6.42 Å². The van der Waals surface area contributed by atoms with Crippen molar-refractivity contribution in [3.05, 3.63) is 0 Å². The van der Waals surface area contributed by atoms with Gasteiger partial charge in [-0.15, -0.1) is 0 Å². The number of hydrogen-bond acceptors (Lipinski definition) is 2. The summed E-state index contributed by atoms with van der Waals surface area (Å²) in [6.07, 6.45) is 5.25. The third kappa shape index (κ3) is 3.74. The molecule has 0 spiro atoms. The first kappa shape index (κ1) is 10.3. The molecular formula is C9H17ClO2. The SMILES string of the molecule is CCCC(Cl)OC1CCCCO1. The molecule has 0 aromatic carbocycles. The second kappa shape index (κ2) is 5.79. The minimum atomic E-state index is -0.168. The number of ether oxygens (including phenoxy) is 2. The summed E-state index contributed by atoms with van der Waals surface area (Å²) >= 11 is 5.91. The van der Waals surface area contributed by atoms with E-state index in [9.17, 15) is 0 Å². The number of alkyl halides is 1. The monoisotopic (exact) mass is 192 g/mol. The molecule has 12 heavy (non-hydrogen) atoms. The molecule has 0 amide bonds. The Labute approximate surface area is 79.2 Å². The van der Waals surface area contributed by atoms with Crippen LogP contribution in [0.5, 0.6) is 0 Å². The van der Waals surface area contributed by atoms with Crippen molar-refractivity contribution in [1.82, 2.24) is 0 Å². The van der Waals surface area contributed by atoms with Gasteiger partial charge in [-0.25, -0.2) is 0 Å². The molecule has 72 valence electrons. The standard InChI is InChI=1S/C9H17ClO2/c1-2-5-8(10)12-9-6-3-4-7-11-9/h8-9H,2-7H2,1H3. The predicted molar refractivity (Wildman–Crippen MR) is 49.2 cm³/mol. The highest BCUT2D eigenvalue weighted by Crippen LogP contribution is 2.18. The molecule has 1 aliphatic heterocycles. The molecule has 2 unspecified atom stereocenters. The molecule has 1 rings (SSSR count). The number of hydrogen-bond donors (Lipinski definition) is 0. The van der Waals surface area contributed by atoms with Gasteiger partial charge in [0.25, 0.3) is 0 Å². The topological polar surface area (TPSA) is 18.5 Å². The van der Waals surface area contributed by atoms with E-state index in [1.807, 2.05) is 0 Å². The molecule has 1 saturated heterocycles. The summed E-state index contributed by atoms with van der Waals surface area (Å²) in [5.74, 6) is 0. The fourth-order valence-corrected chi connectivity index (χ4v) is 1.61. The molecule has 0 radical (unpaired) electrons. The smallest absolute Gasteiger partial charge is 0.159 e. The molecule has 0 N–H and O–H groups in total. The molecule has 0 aromatic rings. The van der Waals surface area contributed by atoms with Crippen molar-refractivity contribution in [3.63, 3.8) is 0 Å². The van der Waals surface area contributed by atoms with E-state index in [2.05, 4.69) is 6.92 Å². The zero-order valence-corrected chi connectivity index (χ0v) is 8.35. The molecule has 1 aliphatic rings. The van der Waals surface area contributed by atoms with Crippen molar-refractivity contribution in [2.45, 2.75) is 50.9 Å². The fourth-order valence-electron chi connectivity index (χ4n) is 1.28. The van der Waals surface area contributed by atoms with Gasteiger partial charge in [0.05, 0.1) is 0 Å². The van der Waals surface area contributed by atoms with Gasteiger partial charge >= 0.3 is 0 Å². The summed E-state index contributed by atoms with van der Waals surface area (Å²) in [6, 6.07) is 0. The Balaban J connectivity index is 2.11. The normalized spacial score (nSPS) is 27.0. The summed E-state index contributed by atoms with van der Waals surface area (Å²) in [7, 11) is 0. The van der Waals surface area contributed by atoms with Crippen molar-refractivity contribution in [3.8, 4) is 0 Å². The Morgan fingerprint density at radius 3 is 3.00 bits per heavy atom. The van der Waals surface area contributed by atoms with Crippen LogP contribution in [-0.4, -0.2) is 18.5 Å². The van der Waals surface area contributed by atoms with Crippen LogP contribution in [0.1, 0.15) is 39.0 Å². The van der Waals surface area contributed by atoms with Crippen LogP contribution in [0.4, 0.5) is 0 Å². The molecule has 0 aromatic heterocycles. The average Bonchev–Trinajstić information content (AvgIpc) is 2.06. The predicted octanol–water partition coefficient (Wildman–Crippen LogP) is 2.89. The lowest BCUT2D eigenvalue weighted by Gasteiger charge is -2.24. The maximum absolute atomic E-state index is 5.91. The Kier molecular flexibility index (Phi) is 4.96. The largest absolute Gasteiger partial charge is 0.353 e. The van der Waals surface area contributed by atoms with Gasteiger partial charge in [0.1, 0.15) is 5.56 Å². The van der Waals surface area contributed by atoms with Crippen LogP contribution < -0.4 is 0 Å². The molecule has 2 nitrogen and oxygen atoms in total. The van der Waals surface area contributed by atoms with E-state index in [1.54, 1.807) is 0 Å². The van der Waals surface area contributed by atoms with Crippen LogP contribution in [0, 0.1) is 0 Å². The van der Waals surface area contributed by atoms with E-state index in [0.717, 1.165) is 32.3 Å². The summed E-state index contributed by atoms with van der Waals surface area (Å²) in [4.78, 5) is 0. The molecule has 2 atom stereocenters. The lowest BCUT2D eigenvalue weighted by Crippen LogP contribution is -2.25. The van der Waals surface area contributed by atoms with Gasteiger partial charge in [0.15, 0.2) is 6.29 Å². The number of rotatable bonds is 4. The third-order valence-electron chi connectivity index (χ3n) is 1.95. The van der Waals surface area contributed by atoms with Gasteiger partial charge < -0.3 is 9.47 Å². The molecule has 1 heterocycles. The second-order valence-corrected chi connectivity index (χ2v) is 3.62. The average molecular weight is 193 g/mol. The minimum absolute atomic E-state index is 0.0483. The van der Waals surface area contributed by atoms with Crippen molar-refractivity contribution < 1.29 is 9.47 Å². The molecule has 1 fully saturated rings. The maximum Gasteiger partial charge on any atom is 0.159 e. The highest BCUT2D eigenvalue weighted by Gasteiger charge is 2.17. The summed E-state index contributed by atoms with van der Waals surface area (Å²) in [5, 5.41) is 0. The van der Waals surface area contributed by atoms with Crippen molar-refractivity contribution >= 4 is 11.6 Å². The molecule has 0 saturated carbocycles. The summed E-state index contributed by atoms with van der Waals surface area (Å²) in [5.41, 5.74) is -0.168. The molecule has 0 aliphatic carbocycles. The van der Waals surface area contributed by atoms with E-state index < -0.39 is 0 Å². The van der Waals surface area contributed by atoms with Crippen LogP contribution in [0.3, 0.4) is 0 Å². The van der Waals surface area contributed by atoms with Gasteiger partial charge in [-0.3, -0.25) is 0 Å². The Morgan fingerprint density at radius 2 is 2.42 bits per heavy atom. The first-order chi connectivity index (χ1) is 5.83. The fraction of sp³-hybridized carbons (Fsp3) is 1.00. The summed E-state index contributed by atoms with van der Waals surface area (Å²) in [6.45, 7) is 2.92. The molecule has 3 heteroatoms. The lowest BCUT2D eigenvalue weighted by atomic mass is 10.2. The van der Waals surface area contributed by atoms with Crippen molar-refractivity contribution in [2.24, 2.45) is 0 Å². The van der Waals surface area contributed by atoms with Crippen LogP contribution in [0.2, 0.25) is 0 Å². The van der Waals surface area contributed by atoms with Crippen molar-refractivity contribution in [1.29, 1.82) is 0 Å². The van der Waals surface area contributed by atoms with Gasteiger partial charge in [-0.05, 0) is 25.7 Å². The van der Waals surface area contributed by atoms with Crippen LogP contribution in [-0.2, 0) is 9.47 Å². The lowest BCUT2D eigenvalue weighted by molar-refractivity contribution is -0.172.